The smallest absolute Gasteiger partial charge is 0.319 e. The number of likely N-dealkylation sites (tertiary alicyclic amines) is 1. The second-order valence-electron chi connectivity index (χ2n) is 7.00. The molecular weight excluding hydrogens is 338 g/mol. The lowest BCUT2D eigenvalue weighted by molar-refractivity contribution is 0.0971. The molecule has 5 heteroatoms. The van der Waals surface area contributed by atoms with Gasteiger partial charge < -0.3 is 15.5 Å². The van der Waals surface area contributed by atoms with Crippen molar-refractivity contribution in [3.8, 4) is 0 Å². The largest absolute Gasteiger partial charge is 0.334 e. The summed E-state index contributed by atoms with van der Waals surface area (Å²) in [7, 11) is 0. The van der Waals surface area contributed by atoms with Gasteiger partial charge in [0.05, 0.1) is 0 Å². The summed E-state index contributed by atoms with van der Waals surface area (Å²) >= 11 is 0. The summed E-state index contributed by atoms with van der Waals surface area (Å²) < 4.78 is 0. The SMILES string of the molecule is O=C(Nc1ccccc1)NC1CCCN(CCCC(=O)c2ccccc2)C1. The van der Waals surface area contributed by atoms with Crippen LogP contribution in [0.5, 0.6) is 0 Å². The van der Waals surface area contributed by atoms with E-state index in [-0.39, 0.29) is 17.9 Å². The molecule has 2 aromatic carbocycles. The first-order chi connectivity index (χ1) is 13.2. The van der Waals surface area contributed by atoms with E-state index in [1.165, 1.54) is 0 Å². The molecular formula is C22H27N3O2. The number of hydrogen-bond acceptors (Lipinski definition) is 3. The minimum absolute atomic E-state index is 0.146. The highest BCUT2D eigenvalue weighted by atomic mass is 16.2. The minimum Gasteiger partial charge on any atom is -0.334 e. The average molecular weight is 365 g/mol. The molecule has 1 atom stereocenters. The molecule has 1 unspecified atom stereocenters. The Labute approximate surface area is 160 Å². The number of carbonyl (C=O) groups is 2. The molecule has 0 radical (unpaired) electrons. The van der Waals surface area contributed by atoms with E-state index in [4.69, 9.17) is 0 Å². The van der Waals surface area contributed by atoms with Crippen molar-refractivity contribution in [3.05, 3.63) is 66.2 Å². The zero-order valence-electron chi connectivity index (χ0n) is 15.6. The van der Waals surface area contributed by atoms with Crippen molar-refractivity contribution in [1.82, 2.24) is 10.2 Å². The summed E-state index contributed by atoms with van der Waals surface area (Å²) in [5, 5.41) is 5.93. The summed E-state index contributed by atoms with van der Waals surface area (Å²) in [6.07, 6.45) is 3.45. The first-order valence-electron chi connectivity index (χ1n) is 9.64. The second-order valence-corrected chi connectivity index (χ2v) is 7.00. The molecule has 2 N–H and O–H groups in total. The first kappa shape index (κ1) is 19.1. The number of carbonyl (C=O) groups excluding carboxylic acids is 2. The number of ketones is 1. The van der Waals surface area contributed by atoms with Crippen LogP contribution in [0.15, 0.2) is 60.7 Å². The van der Waals surface area contributed by atoms with Gasteiger partial charge in [0.15, 0.2) is 5.78 Å². The van der Waals surface area contributed by atoms with Crippen LogP contribution in [0.4, 0.5) is 10.5 Å². The molecule has 0 aromatic heterocycles. The van der Waals surface area contributed by atoms with Crippen molar-refractivity contribution in [3.63, 3.8) is 0 Å². The Morgan fingerprint density at radius 1 is 1.00 bits per heavy atom. The number of nitrogens with one attached hydrogen (secondary N) is 2. The van der Waals surface area contributed by atoms with E-state index in [0.29, 0.717) is 6.42 Å². The van der Waals surface area contributed by atoms with Crippen molar-refractivity contribution in [1.29, 1.82) is 0 Å². The third kappa shape index (κ3) is 6.22. The van der Waals surface area contributed by atoms with Crippen LogP contribution in [0.2, 0.25) is 0 Å². The second kappa shape index (κ2) is 9.88. The molecule has 27 heavy (non-hydrogen) atoms. The first-order valence-corrected chi connectivity index (χ1v) is 9.64. The van der Waals surface area contributed by atoms with E-state index in [1.807, 2.05) is 60.7 Å². The van der Waals surface area contributed by atoms with Gasteiger partial charge in [-0.3, -0.25) is 4.79 Å². The molecule has 0 spiro atoms. The van der Waals surface area contributed by atoms with Gasteiger partial charge in [-0.15, -0.1) is 0 Å². The lowest BCUT2D eigenvalue weighted by Crippen LogP contribution is -2.49. The molecule has 142 valence electrons. The summed E-state index contributed by atoms with van der Waals surface area (Å²) in [5.41, 5.74) is 1.58. The van der Waals surface area contributed by atoms with Gasteiger partial charge in [0.2, 0.25) is 0 Å². The van der Waals surface area contributed by atoms with Crippen molar-refractivity contribution in [2.24, 2.45) is 0 Å². The molecule has 0 bridgehead atoms. The fraction of sp³-hybridized carbons (Fsp3) is 0.364. The summed E-state index contributed by atoms with van der Waals surface area (Å²) in [6, 6.07) is 18.9. The number of benzene rings is 2. The Morgan fingerprint density at radius 2 is 1.70 bits per heavy atom. The van der Waals surface area contributed by atoms with E-state index in [0.717, 1.165) is 50.1 Å². The zero-order valence-corrected chi connectivity index (χ0v) is 15.6. The third-order valence-electron chi connectivity index (χ3n) is 4.85. The van der Waals surface area contributed by atoms with Crippen LogP contribution >= 0.6 is 0 Å². The molecule has 1 aliphatic rings. The lowest BCUT2D eigenvalue weighted by atomic mass is 10.0. The number of hydrogen-bond donors (Lipinski definition) is 2. The van der Waals surface area contributed by atoms with Crippen LogP contribution in [0.3, 0.4) is 0 Å². The molecule has 0 saturated carbocycles. The molecule has 1 aliphatic heterocycles. The number of piperidine rings is 1. The quantitative estimate of drug-likeness (QED) is 0.731. The van der Waals surface area contributed by atoms with Crippen LogP contribution in [0.25, 0.3) is 0 Å². The standard InChI is InChI=1S/C22H27N3O2/c26-21(18-9-3-1-4-10-18)14-8-16-25-15-7-13-20(17-25)24-22(27)23-19-11-5-2-6-12-19/h1-6,9-12,20H,7-8,13-17H2,(H2,23,24,27). The highest BCUT2D eigenvalue weighted by Crippen LogP contribution is 2.13. The van der Waals surface area contributed by atoms with Crippen LogP contribution in [0, 0.1) is 0 Å². The van der Waals surface area contributed by atoms with E-state index in [9.17, 15) is 9.59 Å². The fourth-order valence-corrected chi connectivity index (χ4v) is 3.48. The topological polar surface area (TPSA) is 61.4 Å². The number of urea groups is 1. The number of anilines is 1. The van der Waals surface area contributed by atoms with Gasteiger partial charge in [0.25, 0.3) is 0 Å². The highest BCUT2D eigenvalue weighted by molar-refractivity contribution is 5.95. The molecule has 2 amide bonds. The normalized spacial score (nSPS) is 17.3. The number of rotatable bonds is 7. The molecule has 3 rings (SSSR count). The predicted molar refractivity (Wildman–Crippen MR) is 108 cm³/mol. The maximum Gasteiger partial charge on any atom is 0.319 e. The van der Waals surface area contributed by atoms with E-state index < -0.39 is 0 Å². The molecule has 1 heterocycles. The van der Waals surface area contributed by atoms with E-state index >= 15 is 0 Å². The monoisotopic (exact) mass is 365 g/mol. The van der Waals surface area contributed by atoms with Gasteiger partial charge in [0.1, 0.15) is 0 Å². The number of Topliss-reactive ketones (excluding diaryl/α,β-unsaturated/α-hetero) is 1. The number of para-hydroxylation sites is 1. The number of nitrogens with zero attached hydrogens (tertiary/aromatic N) is 1. The fourth-order valence-electron chi connectivity index (χ4n) is 3.48. The van der Waals surface area contributed by atoms with Gasteiger partial charge in [-0.1, -0.05) is 48.5 Å². The Hall–Kier alpha value is -2.66. The minimum atomic E-state index is -0.160. The molecule has 1 fully saturated rings. The molecule has 2 aromatic rings. The van der Waals surface area contributed by atoms with Crippen LogP contribution in [-0.2, 0) is 0 Å². The molecule has 1 saturated heterocycles. The van der Waals surface area contributed by atoms with Gasteiger partial charge >= 0.3 is 6.03 Å². The predicted octanol–water partition coefficient (Wildman–Crippen LogP) is 3.94. The summed E-state index contributed by atoms with van der Waals surface area (Å²) in [6.45, 7) is 2.75. The van der Waals surface area contributed by atoms with Gasteiger partial charge in [-0.2, -0.15) is 0 Å². The van der Waals surface area contributed by atoms with Crippen molar-refractivity contribution >= 4 is 17.5 Å². The van der Waals surface area contributed by atoms with Gasteiger partial charge in [0, 0.05) is 30.3 Å². The van der Waals surface area contributed by atoms with Crippen LogP contribution in [0.1, 0.15) is 36.0 Å². The van der Waals surface area contributed by atoms with Crippen LogP contribution < -0.4 is 10.6 Å². The Morgan fingerprint density at radius 3 is 2.44 bits per heavy atom. The summed E-state index contributed by atoms with van der Waals surface area (Å²) in [4.78, 5) is 26.7. The van der Waals surface area contributed by atoms with Crippen molar-refractivity contribution in [2.45, 2.75) is 31.7 Å². The molecule has 0 aliphatic carbocycles. The Balaban J connectivity index is 1.39. The zero-order chi connectivity index (χ0) is 18.9. The Bertz CT molecular complexity index is 734. The average Bonchev–Trinajstić information content (AvgIpc) is 2.69. The van der Waals surface area contributed by atoms with E-state index in [2.05, 4.69) is 15.5 Å². The Kier molecular flexibility index (Phi) is 6.99. The maximum atomic E-state index is 12.2. The number of amides is 2. The van der Waals surface area contributed by atoms with Gasteiger partial charge in [-0.25, -0.2) is 4.79 Å². The summed E-state index contributed by atoms with van der Waals surface area (Å²) in [5.74, 6) is 0.199. The maximum absolute atomic E-state index is 12.2. The van der Waals surface area contributed by atoms with Crippen molar-refractivity contribution < 1.29 is 9.59 Å². The van der Waals surface area contributed by atoms with Gasteiger partial charge in [-0.05, 0) is 44.5 Å². The lowest BCUT2D eigenvalue weighted by Gasteiger charge is -2.33. The van der Waals surface area contributed by atoms with E-state index in [1.54, 1.807) is 0 Å². The molecule has 5 nitrogen and oxygen atoms in total. The third-order valence-corrected chi connectivity index (χ3v) is 4.85. The van der Waals surface area contributed by atoms with Crippen LogP contribution in [-0.4, -0.2) is 42.4 Å². The highest BCUT2D eigenvalue weighted by Gasteiger charge is 2.21. The van der Waals surface area contributed by atoms with Crippen molar-refractivity contribution in [2.75, 3.05) is 25.0 Å².